The zero-order valence-corrected chi connectivity index (χ0v) is 15.6. The van der Waals surface area contributed by atoms with Crippen LogP contribution >= 0.6 is 11.6 Å². The molecule has 0 fully saturated rings. The highest BCUT2D eigenvalue weighted by molar-refractivity contribution is 6.30. The maximum Gasteiger partial charge on any atom is 0.220 e. The van der Waals surface area contributed by atoms with Crippen molar-refractivity contribution in [2.24, 2.45) is 0 Å². The molecular formula is C20H24ClNO4. The predicted molar refractivity (Wildman–Crippen MR) is 102 cm³/mol. The van der Waals surface area contributed by atoms with Crippen LogP contribution in [-0.2, 0) is 16.1 Å². The van der Waals surface area contributed by atoms with Gasteiger partial charge in [0.05, 0.1) is 13.2 Å². The lowest BCUT2D eigenvalue weighted by Crippen LogP contribution is -2.23. The summed E-state index contributed by atoms with van der Waals surface area (Å²) >= 11 is 5.82. The summed E-state index contributed by atoms with van der Waals surface area (Å²) in [6, 6.07) is 14.8. The zero-order chi connectivity index (χ0) is 18.6. The average Bonchev–Trinajstić information content (AvgIpc) is 2.66. The van der Waals surface area contributed by atoms with Crippen LogP contribution in [0, 0.1) is 0 Å². The van der Waals surface area contributed by atoms with E-state index >= 15 is 0 Å². The zero-order valence-electron chi connectivity index (χ0n) is 14.9. The van der Waals surface area contributed by atoms with Crippen molar-refractivity contribution < 1.29 is 19.0 Å². The number of halogens is 1. The Morgan fingerprint density at radius 2 is 1.77 bits per heavy atom. The molecule has 26 heavy (non-hydrogen) atoms. The fourth-order valence-electron chi connectivity index (χ4n) is 2.23. The van der Waals surface area contributed by atoms with Gasteiger partial charge in [0, 0.05) is 25.1 Å². The molecule has 0 saturated carbocycles. The maximum atomic E-state index is 11.9. The van der Waals surface area contributed by atoms with Gasteiger partial charge in [-0.25, -0.2) is 0 Å². The van der Waals surface area contributed by atoms with E-state index < -0.39 is 0 Å². The highest BCUT2D eigenvalue weighted by Gasteiger charge is 2.03. The third-order valence-electron chi connectivity index (χ3n) is 3.57. The van der Waals surface area contributed by atoms with Crippen LogP contribution in [0.5, 0.6) is 11.5 Å². The highest BCUT2D eigenvalue weighted by atomic mass is 35.5. The Kier molecular flexibility index (Phi) is 8.79. The van der Waals surface area contributed by atoms with Gasteiger partial charge in [-0.05, 0) is 48.4 Å². The standard InChI is InChI=1S/C20H24ClNO4/c1-24-12-13-26-19-5-2-4-16(14-19)15-22-20(23)6-3-11-25-18-9-7-17(21)8-10-18/h2,4-5,7-10,14H,3,6,11-13,15H2,1H3,(H,22,23). The summed E-state index contributed by atoms with van der Waals surface area (Å²) in [6.07, 6.45) is 1.06. The minimum absolute atomic E-state index is 0.00425. The van der Waals surface area contributed by atoms with E-state index in [-0.39, 0.29) is 5.91 Å². The van der Waals surface area contributed by atoms with E-state index in [4.69, 9.17) is 25.8 Å². The minimum atomic E-state index is -0.00425. The number of carbonyl (C=O) groups excluding carboxylic acids is 1. The summed E-state index contributed by atoms with van der Waals surface area (Å²) in [5, 5.41) is 3.58. The number of nitrogens with one attached hydrogen (secondary N) is 1. The van der Waals surface area contributed by atoms with Gasteiger partial charge in [0.15, 0.2) is 0 Å². The van der Waals surface area contributed by atoms with E-state index in [1.165, 1.54) is 0 Å². The monoisotopic (exact) mass is 377 g/mol. The van der Waals surface area contributed by atoms with Gasteiger partial charge < -0.3 is 19.5 Å². The predicted octanol–water partition coefficient (Wildman–Crippen LogP) is 3.84. The second-order valence-electron chi connectivity index (χ2n) is 5.67. The number of carbonyl (C=O) groups is 1. The molecule has 1 N–H and O–H groups in total. The molecule has 0 aliphatic heterocycles. The van der Waals surface area contributed by atoms with Crippen molar-refractivity contribution in [1.29, 1.82) is 0 Å². The van der Waals surface area contributed by atoms with Crippen molar-refractivity contribution in [3.05, 3.63) is 59.1 Å². The number of amides is 1. The Bertz CT molecular complexity index is 676. The quantitative estimate of drug-likeness (QED) is 0.604. The molecule has 0 bridgehead atoms. The van der Waals surface area contributed by atoms with Crippen LogP contribution in [-0.4, -0.2) is 32.8 Å². The Labute approximate surface area is 159 Å². The first-order valence-electron chi connectivity index (χ1n) is 8.53. The van der Waals surface area contributed by atoms with Gasteiger partial charge in [0.25, 0.3) is 0 Å². The largest absolute Gasteiger partial charge is 0.494 e. The highest BCUT2D eigenvalue weighted by Crippen LogP contribution is 2.16. The van der Waals surface area contributed by atoms with Crippen molar-refractivity contribution in [2.75, 3.05) is 26.9 Å². The number of rotatable bonds is 11. The number of benzene rings is 2. The molecule has 140 valence electrons. The van der Waals surface area contributed by atoms with Crippen LogP contribution in [0.4, 0.5) is 0 Å². The van der Waals surface area contributed by atoms with Crippen molar-refractivity contribution in [3.63, 3.8) is 0 Å². The normalized spacial score (nSPS) is 10.4. The molecule has 0 aliphatic rings. The fourth-order valence-corrected chi connectivity index (χ4v) is 2.36. The lowest BCUT2D eigenvalue weighted by Gasteiger charge is -2.09. The van der Waals surface area contributed by atoms with E-state index in [2.05, 4.69) is 5.32 Å². The van der Waals surface area contributed by atoms with Crippen LogP contribution in [0.2, 0.25) is 5.02 Å². The molecular weight excluding hydrogens is 354 g/mol. The third kappa shape index (κ3) is 7.76. The van der Waals surface area contributed by atoms with Crippen molar-refractivity contribution in [2.45, 2.75) is 19.4 Å². The average molecular weight is 378 g/mol. The molecule has 0 spiro atoms. The minimum Gasteiger partial charge on any atom is -0.494 e. The van der Waals surface area contributed by atoms with Gasteiger partial charge in [0.2, 0.25) is 5.91 Å². The molecule has 0 aliphatic carbocycles. The molecule has 0 saturated heterocycles. The smallest absolute Gasteiger partial charge is 0.220 e. The Balaban J connectivity index is 1.63. The van der Waals surface area contributed by atoms with Gasteiger partial charge in [-0.2, -0.15) is 0 Å². The van der Waals surface area contributed by atoms with Gasteiger partial charge in [0.1, 0.15) is 18.1 Å². The Hall–Kier alpha value is -2.24. The second-order valence-corrected chi connectivity index (χ2v) is 6.11. The molecule has 0 heterocycles. The molecule has 0 unspecified atom stereocenters. The first kappa shape index (κ1) is 20.1. The van der Waals surface area contributed by atoms with Crippen molar-refractivity contribution in [1.82, 2.24) is 5.32 Å². The number of hydrogen-bond donors (Lipinski definition) is 1. The summed E-state index contributed by atoms with van der Waals surface area (Å²) in [5.74, 6) is 1.51. The van der Waals surface area contributed by atoms with Crippen LogP contribution in [0.3, 0.4) is 0 Å². The first-order chi connectivity index (χ1) is 12.7. The van der Waals surface area contributed by atoms with Gasteiger partial charge >= 0.3 is 0 Å². The molecule has 2 rings (SSSR count). The summed E-state index contributed by atoms with van der Waals surface area (Å²) in [5.41, 5.74) is 0.991. The van der Waals surface area contributed by atoms with Crippen LogP contribution in [0.25, 0.3) is 0 Å². The van der Waals surface area contributed by atoms with Gasteiger partial charge in [-0.15, -0.1) is 0 Å². The molecule has 6 heteroatoms. The van der Waals surface area contributed by atoms with Gasteiger partial charge in [-0.3, -0.25) is 4.79 Å². The third-order valence-corrected chi connectivity index (χ3v) is 3.83. The Morgan fingerprint density at radius 1 is 1.00 bits per heavy atom. The summed E-state index contributed by atoms with van der Waals surface area (Å²) in [4.78, 5) is 11.9. The number of hydrogen-bond acceptors (Lipinski definition) is 4. The van der Waals surface area contributed by atoms with Crippen LogP contribution in [0.1, 0.15) is 18.4 Å². The number of methoxy groups -OCH3 is 1. The summed E-state index contributed by atoms with van der Waals surface area (Å²) in [7, 11) is 1.63. The molecule has 2 aromatic carbocycles. The summed E-state index contributed by atoms with van der Waals surface area (Å²) in [6.45, 7) is 2.00. The fraction of sp³-hybridized carbons (Fsp3) is 0.350. The van der Waals surface area contributed by atoms with E-state index in [1.54, 1.807) is 19.2 Å². The molecule has 2 aromatic rings. The topological polar surface area (TPSA) is 56.8 Å². The van der Waals surface area contributed by atoms with Crippen LogP contribution in [0.15, 0.2) is 48.5 Å². The van der Waals surface area contributed by atoms with E-state index in [1.807, 2.05) is 36.4 Å². The summed E-state index contributed by atoms with van der Waals surface area (Å²) < 4.78 is 16.1. The van der Waals surface area contributed by atoms with Crippen molar-refractivity contribution in [3.8, 4) is 11.5 Å². The number of ether oxygens (including phenoxy) is 3. The van der Waals surface area contributed by atoms with Crippen molar-refractivity contribution >= 4 is 17.5 Å². The maximum absolute atomic E-state index is 11.9. The lowest BCUT2D eigenvalue weighted by atomic mass is 10.2. The Morgan fingerprint density at radius 3 is 2.54 bits per heavy atom. The SMILES string of the molecule is COCCOc1cccc(CNC(=O)CCCOc2ccc(Cl)cc2)c1. The molecule has 0 radical (unpaired) electrons. The van der Waals surface area contributed by atoms with Gasteiger partial charge in [-0.1, -0.05) is 23.7 Å². The molecule has 0 atom stereocenters. The van der Waals surface area contributed by atoms with E-state index in [0.29, 0.717) is 44.2 Å². The molecule has 5 nitrogen and oxygen atoms in total. The molecule has 0 aromatic heterocycles. The van der Waals surface area contributed by atoms with E-state index in [9.17, 15) is 4.79 Å². The lowest BCUT2D eigenvalue weighted by molar-refractivity contribution is -0.121. The molecule has 1 amide bonds. The van der Waals surface area contributed by atoms with Crippen LogP contribution < -0.4 is 14.8 Å². The van der Waals surface area contributed by atoms with E-state index in [0.717, 1.165) is 17.1 Å². The first-order valence-corrected chi connectivity index (χ1v) is 8.91. The second kappa shape index (κ2) is 11.4.